The van der Waals surface area contributed by atoms with E-state index in [1.165, 1.54) is 5.56 Å². The third-order valence-electron chi connectivity index (χ3n) is 2.71. The van der Waals surface area contributed by atoms with E-state index in [9.17, 15) is 5.11 Å². The van der Waals surface area contributed by atoms with Crippen LogP contribution in [0.15, 0.2) is 41.1 Å². The summed E-state index contributed by atoms with van der Waals surface area (Å²) in [5.41, 5.74) is 2.05. The van der Waals surface area contributed by atoms with Gasteiger partial charge >= 0.3 is 0 Å². The molecule has 1 aromatic heterocycles. The van der Waals surface area contributed by atoms with Crippen molar-refractivity contribution in [2.24, 2.45) is 0 Å². The van der Waals surface area contributed by atoms with Crippen molar-refractivity contribution in [2.75, 3.05) is 0 Å². The molecule has 1 atom stereocenters. The normalized spacial score (nSPS) is 12.6. The van der Waals surface area contributed by atoms with Gasteiger partial charge in [-0.3, -0.25) is 4.68 Å². The molecule has 2 aromatic rings. The number of aromatic nitrogens is 2. The van der Waals surface area contributed by atoms with Crippen LogP contribution in [0, 0.1) is 0 Å². The Hall–Kier alpha value is -1.13. The first-order valence-electron chi connectivity index (χ1n) is 5.64. The molecule has 1 heterocycles. The van der Waals surface area contributed by atoms with Gasteiger partial charge in [-0.25, -0.2) is 0 Å². The Kier molecular flexibility index (Phi) is 3.97. The van der Waals surface area contributed by atoms with Crippen LogP contribution in [-0.4, -0.2) is 14.9 Å². The molecule has 4 heteroatoms. The maximum atomic E-state index is 9.70. The summed E-state index contributed by atoms with van der Waals surface area (Å²) >= 11 is 3.51. The number of aliphatic hydroxyl groups is 1. The fourth-order valence-corrected chi connectivity index (χ4v) is 2.09. The van der Waals surface area contributed by atoms with Crippen molar-refractivity contribution in [2.45, 2.75) is 26.0 Å². The summed E-state index contributed by atoms with van der Waals surface area (Å²) in [5, 5.41) is 14.0. The summed E-state index contributed by atoms with van der Waals surface area (Å²) in [6.07, 6.45) is 3.92. The van der Waals surface area contributed by atoms with Crippen molar-refractivity contribution in [1.29, 1.82) is 0 Å². The van der Waals surface area contributed by atoms with Gasteiger partial charge in [0.2, 0.25) is 0 Å². The smallest absolute Gasteiger partial charge is 0.0817 e. The topological polar surface area (TPSA) is 38.1 Å². The van der Waals surface area contributed by atoms with Gasteiger partial charge in [0.15, 0.2) is 0 Å². The number of halogens is 1. The SMILES string of the molecule is CCC(O)c1cnn(Cc2ccccc2Br)c1. The van der Waals surface area contributed by atoms with E-state index < -0.39 is 6.10 Å². The van der Waals surface area contributed by atoms with E-state index in [0.29, 0.717) is 13.0 Å². The number of hydrogen-bond donors (Lipinski definition) is 1. The van der Waals surface area contributed by atoms with Crippen LogP contribution in [0.4, 0.5) is 0 Å². The van der Waals surface area contributed by atoms with Gasteiger partial charge in [-0.2, -0.15) is 5.10 Å². The molecule has 0 aliphatic rings. The maximum Gasteiger partial charge on any atom is 0.0817 e. The van der Waals surface area contributed by atoms with Crippen molar-refractivity contribution in [1.82, 2.24) is 9.78 Å². The molecule has 0 aliphatic heterocycles. The van der Waals surface area contributed by atoms with E-state index in [2.05, 4.69) is 27.1 Å². The van der Waals surface area contributed by atoms with E-state index in [1.807, 2.05) is 36.0 Å². The van der Waals surface area contributed by atoms with Crippen LogP contribution in [0.2, 0.25) is 0 Å². The first-order valence-corrected chi connectivity index (χ1v) is 6.44. The molecule has 0 fully saturated rings. The first-order chi connectivity index (χ1) is 8.20. The fourth-order valence-electron chi connectivity index (χ4n) is 1.67. The average molecular weight is 295 g/mol. The molecule has 1 aromatic carbocycles. The Bertz CT molecular complexity index is 496. The zero-order valence-corrected chi connectivity index (χ0v) is 11.3. The number of hydrogen-bond acceptors (Lipinski definition) is 2. The number of nitrogens with zero attached hydrogens (tertiary/aromatic N) is 2. The monoisotopic (exact) mass is 294 g/mol. The highest BCUT2D eigenvalue weighted by Gasteiger charge is 2.08. The van der Waals surface area contributed by atoms with Gasteiger partial charge in [-0.1, -0.05) is 41.1 Å². The molecule has 0 radical (unpaired) electrons. The number of aliphatic hydroxyl groups excluding tert-OH is 1. The Balaban J connectivity index is 2.14. The van der Waals surface area contributed by atoms with Crippen LogP contribution in [0.25, 0.3) is 0 Å². The van der Waals surface area contributed by atoms with E-state index in [0.717, 1.165) is 10.0 Å². The predicted molar refractivity (Wildman–Crippen MR) is 70.7 cm³/mol. The lowest BCUT2D eigenvalue weighted by molar-refractivity contribution is 0.173. The highest BCUT2D eigenvalue weighted by molar-refractivity contribution is 9.10. The quantitative estimate of drug-likeness (QED) is 0.941. The Morgan fingerprint density at radius 1 is 1.41 bits per heavy atom. The van der Waals surface area contributed by atoms with E-state index in [1.54, 1.807) is 6.20 Å². The zero-order chi connectivity index (χ0) is 12.3. The highest BCUT2D eigenvalue weighted by atomic mass is 79.9. The molecule has 0 saturated carbocycles. The third kappa shape index (κ3) is 2.96. The highest BCUT2D eigenvalue weighted by Crippen LogP contribution is 2.19. The molecule has 0 spiro atoms. The maximum absolute atomic E-state index is 9.70. The molecule has 90 valence electrons. The molecule has 1 unspecified atom stereocenters. The molecule has 3 nitrogen and oxygen atoms in total. The summed E-state index contributed by atoms with van der Waals surface area (Å²) in [5.74, 6) is 0. The lowest BCUT2D eigenvalue weighted by Gasteiger charge is -2.05. The van der Waals surface area contributed by atoms with E-state index in [-0.39, 0.29) is 0 Å². The average Bonchev–Trinajstić information content (AvgIpc) is 2.80. The van der Waals surface area contributed by atoms with Gasteiger partial charge in [0.1, 0.15) is 0 Å². The molecular formula is C13H15BrN2O. The van der Waals surface area contributed by atoms with Gasteiger partial charge in [-0.15, -0.1) is 0 Å². The summed E-state index contributed by atoms with van der Waals surface area (Å²) < 4.78 is 2.92. The summed E-state index contributed by atoms with van der Waals surface area (Å²) in [4.78, 5) is 0. The fraction of sp³-hybridized carbons (Fsp3) is 0.308. The van der Waals surface area contributed by atoms with E-state index >= 15 is 0 Å². The molecule has 0 bridgehead atoms. The molecule has 0 aliphatic carbocycles. The Morgan fingerprint density at radius 2 is 2.18 bits per heavy atom. The Morgan fingerprint density at radius 3 is 2.88 bits per heavy atom. The van der Waals surface area contributed by atoms with Gasteiger partial charge in [0.25, 0.3) is 0 Å². The largest absolute Gasteiger partial charge is 0.388 e. The minimum Gasteiger partial charge on any atom is -0.388 e. The number of benzene rings is 1. The van der Waals surface area contributed by atoms with Crippen molar-refractivity contribution in [3.05, 3.63) is 52.3 Å². The molecule has 17 heavy (non-hydrogen) atoms. The minimum atomic E-state index is -0.414. The van der Waals surface area contributed by atoms with Crippen LogP contribution >= 0.6 is 15.9 Å². The molecule has 1 N–H and O–H groups in total. The van der Waals surface area contributed by atoms with Gasteiger partial charge in [0.05, 0.1) is 18.8 Å². The van der Waals surface area contributed by atoms with Gasteiger partial charge in [0, 0.05) is 16.2 Å². The molecule has 0 saturated heterocycles. The summed E-state index contributed by atoms with van der Waals surface area (Å²) in [6.45, 7) is 2.66. The second kappa shape index (κ2) is 5.47. The van der Waals surface area contributed by atoms with E-state index in [4.69, 9.17) is 0 Å². The van der Waals surface area contributed by atoms with Crippen molar-refractivity contribution >= 4 is 15.9 Å². The molecule has 0 amide bonds. The summed E-state index contributed by atoms with van der Waals surface area (Å²) in [7, 11) is 0. The minimum absolute atomic E-state index is 0.414. The lowest BCUT2D eigenvalue weighted by atomic mass is 10.1. The van der Waals surface area contributed by atoms with Crippen LogP contribution < -0.4 is 0 Å². The number of rotatable bonds is 4. The first kappa shape index (κ1) is 12.3. The zero-order valence-electron chi connectivity index (χ0n) is 9.68. The van der Waals surface area contributed by atoms with Crippen molar-refractivity contribution in [3.63, 3.8) is 0 Å². The van der Waals surface area contributed by atoms with Crippen LogP contribution in [0.5, 0.6) is 0 Å². The second-order valence-electron chi connectivity index (χ2n) is 3.99. The molecule has 2 rings (SSSR count). The van der Waals surface area contributed by atoms with Crippen LogP contribution in [0.3, 0.4) is 0 Å². The lowest BCUT2D eigenvalue weighted by Crippen LogP contribution is -2.00. The van der Waals surface area contributed by atoms with Crippen molar-refractivity contribution < 1.29 is 5.11 Å². The van der Waals surface area contributed by atoms with Gasteiger partial charge < -0.3 is 5.11 Å². The third-order valence-corrected chi connectivity index (χ3v) is 3.49. The standard InChI is InChI=1S/C13H15BrN2O/c1-2-13(17)11-7-15-16(9-11)8-10-5-3-4-6-12(10)14/h3-7,9,13,17H,2,8H2,1H3. The van der Waals surface area contributed by atoms with Gasteiger partial charge in [-0.05, 0) is 18.1 Å². The summed E-state index contributed by atoms with van der Waals surface area (Å²) in [6, 6.07) is 8.07. The Labute approximate surface area is 109 Å². The molecular weight excluding hydrogens is 280 g/mol. The van der Waals surface area contributed by atoms with Crippen LogP contribution in [-0.2, 0) is 6.54 Å². The predicted octanol–water partition coefficient (Wildman–Crippen LogP) is 3.14. The van der Waals surface area contributed by atoms with Crippen LogP contribution in [0.1, 0.15) is 30.6 Å². The van der Waals surface area contributed by atoms with Crippen molar-refractivity contribution in [3.8, 4) is 0 Å². The second-order valence-corrected chi connectivity index (χ2v) is 4.84.